The third kappa shape index (κ3) is 5.10. The van der Waals surface area contributed by atoms with Crippen molar-refractivity contribution in [3.8, 4) is 17.0 Å². The average molecular weight is 440 g/mol. The number of likely N-dealkylation sites (N-methyl/N-ethyl adjacent to an activating group) is 1. The highest BCUT2D eigenvalue weighted by Gasteiger charge is 2.34. The van der Waals surface area contributed by atoms with Gasteiger partial charge in [-0.3, -0.25) is 9.59 Å². The molecule has 172 valence electrons. The molecule has 2 amide bonds. The van der Waals surface area contributed by atoms with Gasteiger partial charge in [-0.25, -0.2) is 4.98 Å². The lowest BCUT2D eigenvalue weighted by Gasteiger charge is -2.37. The summed E-state index contributed by atoms with van der Waals surface area (Å²) in [5, 5.41) is 9.78. The third-order valence-electron chi connectivity index (χ3n) is 6.09. The van der Waals surface area contributed by atoms with Crippen LogP contribution in [0.5, 0.6) is 5.88 Å². The highest BCUT2D eigenvalue weighted by atomic mass is 16.5. The molecule has 2 aromatic rings. The molecule has 1 N–H and O–H groups in total. The van der Waals surface area contributed by atoms with Crippen LogP contribution in [-0.2, 0) is 4.79 Å². The first-order valence-corrected chi connectivity index (χ1v) is 11.1. The summed E-state index contributed by atoms with van der Waals surface area (Å²) in [5.41, 5.74) is 3.30. The lowest BCUT2D eigenvalue weighted by atomic mass is 9.99. The van der Waals surface area contributed by atoms with E-state index in [4.69, 9.17) is 4.74 Å². The Labute approximate surface area is 190 Å². The Morgan fingerprint density at radius 2 is 2.00 bits per heavy atom. The van der Waals surface area contributed by atoms with E-state index in [1.165, 1.54) is 0 Å². The summed E-state index contributed by atoms with van der Waals surface area (Å²) >= 11 is 0. The number of benzene rings is 1. The Hall–Kier alpha value is -2.93. The molecule has 0 unspecified atom stereocenters. The number of aromatic nitrogens is 1. The number of aliphatic hydroxyl groups is 1. The van der Waals surface area contributed by atoms with Gasteiger partial charge in [-0.15, -0.1) is 0 Å². The quantitative estimate of drug-likeness (QED) is 0.748. The van der Waals surface area contributed by atoms with Gasteiger partial charge in [0.1, 0.15) is 11.7 Å². The van der Waals surface area contributed by atoms with Crippen molar-refractivity contribution in [3.63, 3.8) is 0 Å². The van der Waals surface area contributed by atoms with Gasteiger partial charge in [0.2, 0.25) is 11.8 Å². The lowest BCUT2D eigenvalue weighted by molar-refractivity contribution is -0.131. The van der Waals surface area contributed by atoms with Crippen molar-refractivity contribution in [1.29, 1.82) is 0 Å². The largest absolute Gasteiger partial charge is 0.472 e. The van der Waals surface area contributed by atoms with Crippen LogP contribution >= 0.6 is 0 Å². The van der Waals surface area contributed by atoms with E-state index in [0.29, 0.717) is 25.1 Å². The number of amides is 2. The van der Waals surface area contributed by atoms with Crippen molar-refractivity contribution in [1.82, 2.24) is 14.8 Å². The van der Waals surface area contributed by atoms with Crippen LogP contribution in [0.25, 0.3) is 11.1 Å². The van der Waals surface area contributed by atoms with E-state index in [9.17, 15) is 14.7 Å². The Kier molecular flexibility index (Phi) is 7.51. The maximum Gasteiger partial charge on any atom is 0.259 e. The molecule has 0 bridgehead atoms. The topological polar surface area (TPSA) is 83.0 Å². The van der Waals surface area contributed by atoms with Crippen molar-refractivity contribution in [3.05, 3.63) is 47.7 Å². The van der Waals surface area contributed by atoms with E-state index in [2.05, 4.69) is 4.98 Å². The van der Waals surface area contributed by atoms with Gasteiger partial charge in [0.05, 0.1) is 19.2 Å². The molecule has 32 heavy (non-hydrogen) atoms. The van der Waals surface area contributed by atoms with Crippen LogP contribution in [0.15, 0.2) is 36.5 Å². The molecule has 1 aliphatic rings. The van der Waals surface area contributed by atoms with E-state index in [0.717, 1.165) is 16.7 Å². The fourth-order valence-corrected chi connectivity index (χ4v) is 3.87. The summed E-state index contributed by atoms with van der Waals surface area (Å²) in [7, 11) is 1.76. The van der Waals surface area contributed by atoms with Gasteiger partial charge >= 0.3 is 0 Å². The van der Waals surface area contributed by atoms with E-state index >= 15 is 0 Å². The number of rotatable bonds is 6. The number of carbonyl (C=O) groups excluding carboxylic acids is 2. The van der Waals surface area contributed by atoms with Crippen molar-refractivity contribution >= 4 is 11.8 Å². The summed E-state index contributed by atoms with van der Waals surface area (Å²) in [5.74, 6) is 0.00963. The molecular formula is C25H33N3O4. The predicted octanol–water partition coefficient (Wildman–Crippen LogP) is 3.15. The third-order valence-corrected chi connectivity index (χ3v) is 6.09. The zero-order chi connectivity index (χ0) is 23.4. The second kappa shape index (κ2) is 10.1. The maximum absolute atomic E-state index is 13.5. The van der Waals surface area contributed by atoms with Crippen molar-refractivity contribution in [2.75, 3.05) is 26.7 Å². The van der Waals surface area contributed by atoms with E-state index in [1.54, 1.807) is 29.1 Å². The number of pyridine rings is 1. The van der Waals surface area contributed by atoms with E-state index in [-0.39, 0.29) is 42.4 Å². The summed E-state index contributed by atoms with van der Waals surface area (Å²) in [6.45, 7) is 8.33. The molecule has 1 aromatic carbocycles. The van der Waals surface area contributed by atoms with Crippen LogP contribution < -0.4 is 4.74 Å². The second-order valence-corrected chi connectivity index (χ2v) is 8.69. The standard InChI is InChI=1S/C25H33N3O4/c1-6-23(30)27(5)14-22-17(3)13-28(18(4)15-29)25(31)21-11-20(12-26-24(21)32-22)19-9-7-16(2)8-10-19/h7-12,17-18,22,29H,6,13-15H2,1-5H3/t17-,18+,22-/m1/s1. The molecule has 0 saturated carbocycles. The van der Waals surface area contributed by atoms with Crippen LogP contribution in [0.4, 0.5) is 0 Å². The van der Waals surface area contributed by atoms with Crippen molar-refractivity contribution in [2.24, 2.45) is 5.92 Å². The molecule has 0 radical (unpaired) electrons. The molecule has 0 aliphatic carbocycles. The van der Waals surface area contributed by atoms with Crippen molar-refractivity contribution < 1.29 is 19.4 Å². The Morgan fingerprint density at radius 3 is 2.62 bits per heavy atom. The first kappa shape index (κ1) is 23.7. The smallest absolute Gasteiger partial charge is 0.259 e. The minimum atomic E-state index is -0.352. The van der Waals surface area contributed by atoms with Gasteiger partial charge in [0.15, 0.2) is 0 Å². The van der Waals surface area contributed by atoms with Gasteiger partial charge in [0.25, 0.3) is 5.91 Å². The monoisotopic (exact) mass is 439 g/mol. The lowest BCUT2D eigenvalue weighted by Crippen LogP contribution is -2.50. The first-order valence-electron chi connectivity index (χ1n) is 11.1. The number of hydrogen-bond acceptors (Lipinski definition) is 5. The van der Waals surface area contributed by atoms with Gasteiger partial charge in [-0.2, -0.15) is 0 Å². The summed E-state index contributed by atoms with van der Waals surface area (Å²) in [6.07, 6.45) is 1.78. The van der Waals surface area contributed by atoms with Crippen molar-refractivity contribution in [2.45, 2.75) is 46.3 Å². The molecule has 1 aromatic heterocycles. The van der Waals surface area contributed by atoms with E-state index in [1.807, 2.05) is 52.0 Å². The molecular weight excluding hydrogens is 406 g/mol. The normalized spacial score (nSPS) is 19.4. The maximum atomic E-state index is 13.5. The molecule has 0 spiro atoms. The highest BCUT2D eigenvalue weighted by molar-refractivity contribution is 5.98. The summed E-state index contributed by atoms with van der Waals surface area (Å²) < 4.78 is 6.24. The average Bonchev–Trinajstić information content (AvgIpc) is 2.80. The highest BCUT2D eigenvalue weighted by Crippen LogP contribution is 2.30. The van der Waals surface area contributed by atoms with Crippen LogP contribution in [0, 0.1) is 12.8 Å². The van der Waals surface area contributed by atoms with Gasteiger partial charge in [0, 0.05) is 37.7 Å². The van der Waals surface area contributed by atoms with Gasteiger partial charge in [-0.1, -0.05) is 43.7 Å². The SMILES string of the molecule is CCC(=O)N(C)C[C@H]1Oc2ncc(-c3ccc(C)cc3)cc2C(=O)N([C@@H](C)CO)C[C@H]1C. The molecule has 0 fully saturated rings. The number of aryl methyl sites for hydroxylation is 1. The molecule has 0 saturated heterocycles. The molecule has 7 heteroatoms. The molecule has 2 heterocycles. The van der Waals surface area contributed by atoms with Crippen LogP contribution in [0.2, 0.25) is 0 Å². The summed E-state index contributed by atoms with van der Waals surface area (Å²) in [6, 6.07) is 9.48. The zero-order valence-electron chi connectivity index (χ0n) is 19.5. The first-order chi connectivity index (χ1) is 15.2. The van der Waals surface area contributed by atoms with Crippen LogP contribution in [0.3, 0.4) is 0 Å². The number of ether oxygens (including phenoxy) is 1. The number of carbonyl (C=O) groups is 2. The van der Waals surface area contributed by atoms with Gasteiger partial charge in [-0.05, 0) is 25.5 Å². The molecule has 1 aliphatic heterocycles. The second-order valence-electron chi connectivity index (χ2n) is 8.69. The zero-order valence-corrected chi connectivity index (χ0v) is 19.5. The number of hydrogen-bond donors (Lipinski definition) is 1. The number of aliphatic hydroxyl groups excluding tert-OH is 1. The Balaban J connectivity index is 2.03. The van der Waals surface area contributed by atoms with Gasteiger partial charge < -0.3 is 19.6 Å². The van der Waals surface area contributed by atoms with Crippen LogP contribution in [-0.4, -0.2) is 70.6 Å². The summed E-state index contributed by atoms with van der Waals surface area (Å²) in [4.78, 5) is 33.5. The van der Waals surface area contributed by atoms with E-state index < -0.39 is 0 Å². The molecule has 7 nitrogen and oxygen atoms in total. The molecule has 3 rings (SSSR count). The minimum Gasteiger partial charge on any atom is -0.472 e. The Morgan fingerprint density at radius 1 is 1.31 bits per heavy atom. The molecule has 3 atom stereocenters. The predicted molar refractivity (Wildman–Crippen MR) is 124 cm³/mol. The van der Waals surface area contributed by atoms with Crippen LogP contribution in [0.1, 0.15) is 43.1 Å². The number of nitrogens with zero attached hydrogens (tertiary/aromatic N) is 3. The fraction of sp³-hybridized carbons (Fsp3) is 0.480. The number of fused-ring (bicyclic) bond motifs is 1. The minimum absolute atomic E-state index is 0.0300. The Bertz CT molecular complexity index is 960. The fourth-order valence-electron chi connectivity index (χ4n) is 3.87.